The number of benzene rings is 2. The average Bonchev–Trinajstić information content (AvgIpc) is 2.85. The van der Waals surface area contributed by atoms with Crippen molar-refractivity contribution < 1.29 is 13.2 Å². The highest BCUT2D eigenvalue weighted by Crippen LogP contribution is 2.27. The first-order valence-electron chi connectivity index (χ1n) is 8.68. The smallest absolute Gasteiger partial charge is 0.244 e. The summed E-state index contributed by atoms with van der Waals surface area (Å²) in [5.74, 6) is -0.280. The van der Waals surface area contributed by atoms with Gasteiger partial charge >= 0.3 is 0 Å². The van der Waals surface area contributed by atoms with E-state index in [-0.39, 0.29) is 17.3 Å². The van der Waals surface area contributed by atoms with Gasteiger partial charge in [-0.1, -0.05) is 41.4 Å². The molecular weight excluding hydrogens is 407 g/mol. The van der Waals surface area contributed by atoms with Gasteiger partial charge in [0.25, 0.3) is 0 Å². The van der Waals surface area contributed by atoms with Gasteiger partial charge in [-0.2, -0.15) is 4.31 Å². The summed E-state index contributed by atoms with van der Waals surface area (Å²) in [6.45, 7) is 0.568. The quantitative estimate of drug-likeness (QED) is 0.788. The number of amides is 1. The maximum Gasteiger partial charge on any atom is 0.244 e. The van der Waals surface area contributed by atoms with Gasteiger partial charge in [0.05, 0.1) is 4.90 Å². The lowest BCUT2D eigenvalue weighted by Crippen LogP contribution is -2.48. The molecule has 1 N–H and O–H groups in total. The van der Waals surface area contributed by atoms with Crippen LogP contribution in [0.4, 0.5) is 0 Å². The van der Waals surface area contributed by atoms with Crippen molar-refractivity contribution in [2.75, 3.05) is 6.54 Å². The van der Waals surface area contributed by atoms with E-state index in [1.54, 1.807) is 24.3 Å². The molecule has 2 aromatic rings. The van der Waals surface area contributed by atoms with Crippen LogP contribution in [0.15, 0.2) is 53.4 Å². The molecule has 1 atom stereocenters. The van der Waals surface area contributed by atoms with Gasteiger partial charge < -0.3 is 5.32 Å². The Balaban J connectivity index is 2.04. The molecule has 1 amide bonds. The van der Waals surface area contributed by atoms with Crippen LogP contribution in [0.1, 0.15) is 24.8 Å². The van der Waals surface area contributed by atoms with Gasteiger partial charge in [0.15, 0.2) is 0 Å². The van der Waals surface area contributed by atoms with Gasteiger partial charge in [-0.25, -0.2) is 8.42 Å². The van der Waals surface area contributed by atoms with Crippen molar-refractivity contribution in [3.63, 3.8) is 0 Å². The average molecular weight is 427 g/mol. The van der Waals surface area contributed by atoms with Crippen LogP contribution in [0.3, 0.4) is 0 Å². The predicted molar refractivity (Wildman–Crippen MR) is 106 cm³/mol. The molecule has 0 aromatic heterocycles. The lowest BCUT2D eigenvalue weighted by Gasteiger charge is -2.29. The highest BCUT2D eigenvalue weighted by molar-refractivity contribution is 7.89. The lowest BCUT2D eigenvalue weighted by molar-refractivity contribution is -0.124. The molecule has 5 nitrogen and oxygen atoms in total. The first-order chi connectivity index (χ1) is 12.9. The Morgan fingerprint density at radius 3 is 2.44 bits per heavy atom. The van der Waals surface area contributed by atoms with E-state index in [1.165, 1.54) is 28.6 Å². The number of carbonyl (C=O) groups excluding carboxylic acids is 1. The molecule has 1 saturated heterocycles. The molecule has 1 fully saturated rings. The molecular formula is C19H20Cl2N2O3S. The van der Waals surface area contributed by atoms with Crippen molar-refractivity contribution in [1.29, 1.82) is 0 Å². The zero-order chi connectivity index (χ0) is 19.4. The zero-order valence-corrected chi connectivity index (χ0v) is 16.9. The molecule has 0 aliphatic carbocycles. The molecule has 0 spiro atoms. The van der Waals surface area contributed by atoms with Gasteiger partial charge in [-0.3, -0.25) is 4.79 Å². The second-order valence-electron chi connectivity index (χ2n) is 6.40. The molecule has 8 heteroatoms. The topological polar surface area (TPSA) is 66.5 Å². The fraction of sp³-hybridized carbons (Fsp3) is 0.316. The van der Waals surface area contributed by atoms with E-state index in [9.17, 15) is 13.2 Å². The summed E-state index contributed by atoms with van der Waals surface area (Å²) in [5, 5.41) is 3.71. The van der Waals surface area contributed by atoms with E-state index in [2.05, 4.69) is 5.32 Å². The molecule has 1 aliphatic rings. The number of halogens is 2. The number of nitrogens with zero attached hydrogens (tertiary/aromatic N) is 1. The van der Waals surface area contributed by atoms with Crippen LogP contribution in [-0.2, 0) is 21.4 Å². The number of hydrogen-bond acceptors (Lipinski definition) is 3. The van der Waals surface area contributed by atoms with Crippen molar-refractivity contribution >= 4 is 39.1 Å². The number of rotatable bonds is 5. The predicted octanol–water partition coefficient (Wildman–Crippen LogP) is 3.85. The van der Waals surface area contributed by atoms with Crippen LogP contribution in [-0.4, -0.2) is 31.2 Å². The molecule has 144 valence electrons. The summed E-state index contributed by atoms with van der Waals surface area (Å²) in [7, 11) is -3.93. The van der Waals surface area contributed by atoms with E-state index in [1.807, 2.05) is 0 Å². The second kappa shape index (κ2) is 8.61. The highest BCUT2D eigenvalue weighted by Gasteiger charge is 2.36. The molecule has 1 heterocycles. The molecule has 2 aromatic carbocycles. The fourth-order valence-corrected chi connectivity index (χ4v) is 5.01. The van der Waals surface area contributed by atoms with Gasteiger partial charge in [-0.15, -0.1) is 0 Å². The Kier molecular flexibility index (Phi) is 6.42. The van der Waals surface area contributed by atoms with Crippen LogP contribution in [0, 0.1) is 0 Å². The highest BCUT2D eigenvalue weighted by atomic mass is 35.5. The third-order valence-electron chi connectivity index (χ3n) is 4.56. The fourth-order valence-electron chi connectivity index (χ4n) is 3.10. The van der Waals surface area contributed by atoms with Gasteiger partial charge in [-0.05, 0) is 55.2 Å². The Labute approximate surface area is 169 Å². The molecule has 0 radical (unpaired) electrons. The van der Waals surface area contributed by atoms with Gasteiger partial charge in [0, 0.05) is 23.1 Å². The van der Waals surface area contributed by atoms with Crippen molar-refractivity contribution in [2.45, 2.75) is 36.7 Å². The summed E-state index contributed by atoms with van der Waals surface area (Å²) in [5.41, 5.74) is 0.647. The third-order valence-corrected chi connectivity index (χ3v) is 7.05. The van der Waals surface area contributed by atoms with Crippen molar-refractivity contribution in [3.05, 3.63) is 64.1 Å². The number of nitrogens with one attached hydrogen (secondary N) is 1. The summed E-state index contributed by atoms with van der Waals surface area (Å²) < 4.78 is 28.0. The Morgan fingerprint density at radius 2 is 1.74 bits per heavy atom. The number of sulfonamides is 1. The summed E-state index contributed by atoms with van der Waals surface area (Å²) >= 11 is 12.1. The van der Waals surface area contributed by atoms with Gasteiger partial charge in [0.1, 0.15) is 6.04 Å². The minimum atomic E-state index is -3.93. The maximum absolute atomic E-state index is 13.4. The summed E-state index contributed by atoms with van der Waals surface area (Å²) in [6.07, 6.45) is 2.05. The first-order valence-corrected chi connectivity index (χ1v) is 10.9. The van der Waals surface area contributed by atoms with Gasteiger partial charge in [0.2, 0.25) is 15.9 Å². The minimum absolute atomic E-state index is 0.0166. The van der Waals surface area contributed by atoms with Crippen molar-refractivity contribution in [1.82, 2.24) is 9.62 Å². The molecule has 3 rings (SSSR count). The molecule has 1 aliphatic heterocycles. The van der Waals surface area contributed by atoms with E-state index in [4.69, 9.17) is 23.2 Å². The molecule has 0 bridgehead atoms. The Bertz CT molecular complexity index is 917. The largest absolute Gasteiger partial charge is 0.355 e. The van der Waals surface area contributed by atoms with Crippen LogP contribution in [0.5, 0.6) is 0 Å². The number of carbonyl (C=O) groups is 1. The van der Waals surface area contributed by atoms with Crippen LogP contribution < -0.4 is 5.32 Å². The molecule has 0 saturated carbocycles. The maximum atomic E-state index is 13.4. The molecule has 0 unspecified atom stereocenters. The Hall–Kier alpha value is -1.60. The van der Waals surface area contributed by atoms with Crippen molar-refractivity contribution in [2.24, 2.45) is 0 Å². The summed E-state index contributed by atoms with van der Waals surface area (Å²) in [4.78, 5) is 12.7. The first kappa shape index (κ1) is 20.1. The van der Waals surface area contributed by atoms with Crippen LogP contribution in [0.2, 0.25) is 10.0 Å². The van der Waals surface area contributed by atoms with Crippen LogP contribution >= 0.6 is 23.2 Å². The normalized spacial score (nSPS) is 18.2. The monoisotopic (exact) mass is 426 g/mol. The number of hydrogen-bond donors (Lipinski definition) is 1. The Morgan fingerprint density at radius 1 is 1.04 bits per heavy atom. The molecule has 27 heavy (non-hydrogen) atoms. The van der Waals surface area contributed by atoms with Crippen molar-refractivity contribution in [3.8, 4) is 0 Å². The van der Waals surface area contributed by atoms with Crippen LogP contribution in [0.25, 0.3) is 0 Å². The summed E-state index contributed by atoms with van der Waals surface area (Å²) in [6, 6.07) is 12.2. The van der Waals surface area contributed by atoms with E-state index < -0.39 is 16.1 Å². The lowest BCUT2D eigenvalue weighted by atomic mass is 10.1. The zero-order valence-electron chi connectivity index (χ0n) is 14.6. The van der Waals surface area contributed by atoms with E-state index in [0.29, 0.717) is 28.6 Å². The van der Waals surface area contributed by atoms with E-state index in [0.717, 1.165) is 12.8 Å². The third kappa shape index (κ3) is 4.63. The SMILES string of the molecule is O=C1NCCCC[C@H]1N(Cc1ccccc1Cl)S(=O)(=O)c1ccc(Cl)cc1. The standard InChI is InChI=1S/C19H20Cl2N2O3S/c20-15-8-10-16(11-9-15)27(25,26)23(13-14-5-1-2-6-17(14)21)18-7-3-4-12-22-19(18)24/h1-2,5-6,8-11,18H,3-4,7,12-13H2,(H,22,24)/t18-/m1/s1. The minimum Gasteiger partial charge on any atom is -0.355 e. The second-order valence-corrected chi connectivity index (χ2v) is 9.13. The van der Waals surface area contributed by atoms with E-state index >= 15 is 0 Å².